The van der Waals surface area contributed by atoms with Gasteiger partial charge in [-0.25, -0.2) is 0 Å². The van der Waals surface area contributed by atoms with Crippen molar-refractivity contribution in [2.45, 2.75) is 33.0 Å². The minimum Gasteiger partial charge on any atom is -0.375 e. The van der Waals surface area contributed by atoms with Crippen LogP contribution in [0.25, 0.3) is 0 Å². The van der Waals surface area contributed by atoms with E-state index < -0.39 is 0 Å². The van der Waals surface area contributed by atoms with Crippen LogP contribution in [0.15, 0.2) is 24.3 Å². The Hall–Kier alpha value is -0.860. The van der Waals surface area contributed by atoms with Crippen molar-refractivity contribution in [2.24, 2.45) is 0 Å². The summed E-state index contributed by atoms with van der Waals surface area (Å²) in [6.45, 7) is 8.17. The van der Waals surface area contributed by atoms with Crippen molar-refractivity contribution in [3.05, 3.63) is 35.4 Å². The van der Waals surface area contributed by atoms with Gasteiger partial charge in [0.25, 0.3) is 0 Å². The fourth-order valence-electron chi connectivity index (χ4n) is 1.96. The van der Waals surface area contributed by atoms with Crippen LogP contribution in [0, 0.1) is 0 Å². The second-order valence-electron chi connectivity index (χ2n) is 4.39. The van der Waals surface area contributed by atoms with E-state index in [2.05, 4.69) is 43.0 Å². The summed E-state index contributed by atoms with van der Waals surface area (Å²) >= 11 is 0. The summed E-state index contributed by atoms with van der Waals surface area (Å²) in [5, 5.41) is 0. The molecule has 0 saturated heterocycles. The van der Waals surface area contributed by atoms with Gasteiger partial charge in [-0.15, -0.1) is 0 Å². The molecule has 0 N–H and O–H groups in total. The quantitative estimate of drug-likeness (QED) is 0.698. The van der Waals surface area contributed by atoms with Gasteiger partial charge in [0.05, 0.1) is 13.2 Å². The lowest BCUT2D eigenvalue weighted by Gasteiger charge is -2.29. The van der Waals surface area contributed by atoms with Gasteiger partial charge in [-0.1, -0.05) is 24.3 Å². The Bertz CT molecular complexity index is 322. The summed E-state index contributed by atoms with van der Waals surface area (Å²) in [6, 6.07) is 9.15. The number of nitrogens with zero attached hydrogens (tertiary/aromatic N) is 1. The molecule has 0 fully saturated rings. The summed E-state index contributed by atoms with van der Waals surface area (Å²) in [7, 11) is 0. The zero-order valence-corrected chi connectivity index (χ0v) is 9.57. The third kappa shape index (κ3) is 2.58. The van der Waals surface area contributed by atoms with Crippen molar-refractivity contribution in [1.29, 1.82) is 0 Å². The summed E-state index contributed by atoms with van der Waals surface area (Å²) in [5.41, 5.74) is 2.74. The molecule has 82 valence electrons. The van der Waals surface area contributed by atoms with E-state index in [0.717, 1.165) is 26.3 Å². The molecule has 2 rings (SSSR count). The number of rotatable bonds is 1. The van der Waals surface area contributed by atoms with Crippen LogP contribution in [0.1, 0.15) is 25.0 Å². The van der Waals surface area contributed by atoms with Crippen LogP contribution in [-0.2, 0) is 17.9 Å². The number of ether oxygens (including phenoxy) is 1. The highest BCUT2D eigenvalue weighted by Crippen LogP contribution is 2.16. The maximum absolute atomic E-state index is 5.64. The van der Waals surface area contributed by atoms with E-state index in [1.165, 1.54) is 11.1 Å². The molecular formula is C13H19NO. The molecule has 0 amide bonds. The molecule has 0 aromatic heterocycles. The first kappa shape index (κ1) is 10.7. The van der Waals surface area contributed by atoms with Gasteiger partial charge in [-0.2, -0.15) is 0 Å². The third-order valence-corrected chi connectivity index (χ3v) is 3.00. The minimum absolute atomic E-state index is 0.583. The van der Waals surface area contributed by atoms with Crippen molar-refractivity contribution in [3.63, 3.8) is 0 Å². The molecule has 15 heavy (non-hydrogen) atoms. The molecule has 0 atom stereocenters. The average molecular weight is 205 g/mol. The Balaban J connectivity index is 2.21. The van der Waals surface area contributed by atoms with E-state index in [1.807, 2.05) is 0 Å². The van der Waals surface area contributed by atoms with E-state index in [4.69, 9.17) is 4.74 Å². The first-order valence-corrected chi connectivity index (χ1v) is 5.66. The number of benzene rings is 1. The predicted octanol–water partition coefficient (Wildman–Crippen LogP) is 2.43. The third-order valence-electron chi connectivity index (χ3n) is 3.00. The molecular weight excluding hydrogens is 186 g/mol. The molecule has 0 aliphatic carbocycles. The van der Waals surface area contributed by atoms with Crippen LogP contribution in [0.2, 0.25) is 0 Å². The maximum Gasteiger partial charge on any atom is 0.0720 e. The SMILES string of the molecule is CC(C)N1CCOCc2ccccc2C1. The minimum atomic E-state index is 0.583. The van der Waals surface area contributed by atoms with Crippen LogP contribution >= 0.6 is 0 Å². The normalized spacial score (nSPS) is 18.3. The Kier molecular flexibility index (Phi) is 3.39. The van der Waals surface area contributed by atoms with Gasteiger partial charge >= 0.3 is 0 Å². The Morgan fingerprint density at radius 1 is 1.20 bits per heavy atom. The van der Waals surface area contributed by atoms with Crippen LogP contribution in [0.3, 0.4) is 0 Å². The highest BCUT2D eigenvalue weighted by molar-refractivity contribution is 5.26. The van der Waals surface area contributed by atoms with Gasteiger partial charge in [0.1, 0.15) is 0 Å². The van der Waals surface area contributed by atoms with Crippen LogP contribution in [0.5, 0.6) is 0 Å². The van der Waals surface area contributed by atoms with Crippen LogP contribution in [0.4, 0.5) is 0 Å². The fourth-order valence-corrected chi connectivity index (χ4v) is 1.96. The van der Waals surface area contributed by atoms with E-state index in [0.29, 0.717) is 6.04 Å². The van der Waals surface area contributed by atoms with Crippen molar-refractivity contribution >= 4 is 0 Å². The van der Waals surface area contributed by atoms with Crippen LogP contribution in [-0.4, -0.2) is 24.1 Å². The zero-order valence-electron chi connectivity index (χ0n) is 9.57. The molecule has 1 heterocycles. The predicted molar refractivity (Wildman–Crippen MR) is 61.6 cm³/mol. The highest BCUT2D eigenvalue weighted by Gasteiger charge is 2.14. The van der Waals surface area contributed by atoms with Gasteiger partial charge < -0.3 is 4.74 Å². The summed E-state index contributed by atoms with van der Waals surface area (Å²) in [6.07, 6.45) is 0. The molecule has 2 heteroatoms. The number of hydrogen-bond donors (Lipinski definition) is 0. The molecule has 1 aliphatic heterocycles. The van der Waals surface area contributed by atoms with Gasteiger partial charge in [0.15, 0.2) is 0 Å². The zero-order chi connectivity index (χ0) is 10.7. The van der Waals surface area contributed by atoms with E-state index >= 15 is 0 Å². The van der Waals surface area contributed by atoms with E-state index in [-0.39, 0.29) is 0 Å². The topological polar surface area (TPSA) is 12.5 Å². The van der Waals surface area contributed by atoms with Gasteiger partial charge in [-0.05, 0) is 25.0 Å². The lowest BCUT2D eigenvalue weighted by atomic mass is 10.1. The largest absolute Gasteiger partial charge is 0.375 e. The number of hydrogen-bond acceptors (Lipinski definition) is 2. The first-order valence-electron chi connectivity index (χ1n) is 5.66. The smallest absolute Gasteiger partial charge is 0.0720 e. The molecule has 0 bridgehead atoms. The lowest BCUT2D eigenvalue weighted by molar-refractivity contribution is 0.0697. The van der Waals surface area contributed by atoms with Gasteiger partial charge in [0, 0.05) is 19.1 Å². The van der Waals surface area contributed by atoms with Crippen molar-refractivity contribution in [1.82, 2.24) is 4.90 Å². The first-order chi connectivity index (χ1) is 7.27. The molecule has 1 aliphatic rings. The summed E-state index contributed by atoms with van der Waals surface area (Å²) < 4.78 is 5.64. The van der Waals surface area contributed by atoms with E-state index in [9.17, 15) is 0 Å². The lowest BCUT2D eigenvalue weighted by Crippen LogP contribution is -2.35. The maximum atomic E-state index is 5.64. The standard InChI is InChI=1S/C13H19NO/c1-11(2)14-7-8-15-10-13-6-4-3-5-12(13)9-14/h3-6,11H,7-10H2,1-2H3. The monoisotopic (exact) mass is 205 g/mol. The number of fused-ring (bicyclic) bond motifs is 1. The highest BCUT2D eigenvalue weighted by atomic mass is 16.5. The molecule has 1 aromatic rings. The fraction of sp³-hybridized carbons (Fsp3) is 0.538. The Morgan fingerprint density at radius 2 is 1.93 bits per heavy atom. The van der Waals surface area contributed by atoms with Crippen molar-refractivity contribution in [3.8, 4) is 0 Å². The van der Waals surface area contributed by atoms with Gasteiger partial charge in [-0.3, -0.25) is 4.90 Å². The summed E-state index contributed by atoms with van der Waals surface area (Å²) in [5.74, 6) is 0. The van der Waals surface area contributed by atoms with Gasteiger partial charge in [0.2, 0.25) is 0 Å². The Labute approximate surface area is 91.9 Å². The second-order valence-corrected chi connectivity index (χ2v) is 4.39. The summed E-state index contributed by atoms with van der Waals surface area (Å²) in [4.78, 5) is 2.46. The molecule has 2 nitrogen and oxygen atoms in total. The Morgan fingerprint density at radius 3 is 2.67 bits per heavy atom. The average Bonchev–Trinajstić information content (AvgIpc) is 2.18. The second kappa shape index (κ2) is 4.77. The molecule has 0 radical (unpaired) electrons. The van der Waals surface area contributed by atoms with Crippen LogP contribution < -0.4 is 0 Å². The molecule has 1 aromatic carbocycles. The molecule has 0 spiro atoms. The van der Waals surface area contributed by atoms with Crippen molar-refractivity contribution < 1.29 is 4.74 Å². The van der Waals surface area contributed by atoms with Crippen molar-refractivity contribution in [2.75, 3.05) is 13.2 Å². The van der Waals surface area contributed by atoms with E-state index in [1.54, 1.807) is 0 Å². The molecule has 0 saturated carbocycles. The molecule has 0 unspecified atom stereocenters.